The summed E-state index contributed by atoms with van der Waals surface area (Å²) >= 11 is 0. The summed E-state index contributed by atoms with van der Waals surface area (Å²) in [5, 5.41) is 75.5. The number of benzene rings is 1. The summed E-state index contributed by atoms with van der Waals surface area (Å²) in [7, 11) is 0. The van der Waals surface area contributed by atoms with Crippen LogP contribution in [0.4, 0.5) is 0 Å². The summed E-state index contributed by atoms with van der Waals surface area (Å²) in [5.74, 6) is 0. The first kappa shape index (κ1) is 18.9. The summed E-state index contributed by atoms with van der Waals surface area (Å²) in [5.41, 5.74) is -0.538. The van der Waals surface area contributed by atoms with Crippen molar-refractivity contribution in [3.63, 3.8) is 0 Å². The van der Waals surface area contributed by atoms with Crippen LogP contribution in [0.5, 0.6) is 0 Å². The highest BCUT2D eigenvalue weighted by Crippen LogP contribution is 2.49. The third kappa shape index (κ3) is 2.25. The maximum atomic E-state index is 9.57. The van der Waals surface area contributed by atoms with Crippen molar-refractivity contribution in [2.45, 2.75) is 0 Å². The number of nitriles is 8. The molecule has 1 aromatic carbocycles. The molecule has 0 atom stereocenters. The van der Waals surface area contributed by atoms with Crippen molar-refractivity contribution in [3.05, 3.63) is 56.7 Å². The lowest BCUT2D eigenvalue weighted by Gasteiger charge is -2.09. The number of hydrogen-bond acceptors (Lipinski definition) is 8. The third-order valence-corrected chi connectivity index (χ3v) is 4.63. The molecule has 0 saturated carbocycles. The van der Waals surface area contributed by atoms with Crippen LogP contribution in [0.3, 0.4) is 0 Å². The number of rotatable bonds is 0. The molecular formula is C22H2N8. The lowest BCUT2D eigenvalue weighted by molar-refractivity contribution is 1.44. The van der Waals surface area contributed by atoms with Crippen LogP contribution in [0.1, 0.15) is 22.3 Å². The van der Waals surface area contributed by atoms with Crippen LogP contribution in [-0.4, -0.2) is 0 Å². The Balaban J connectivity index is 2.59. The van der Waals surface area contributed by atoms with E-state index in [-0.39, 0.29) is 55.7 Å². The van der Waals surface area contributed by atoms with Crippen LogP contribution < -0.4 is 0 Å². The molecule has 0 unspecified atom stereocenters. The molecule has 0 heterocycles. The summed E-state index contributed by atoms with van der Waals surface area (Å²) in [6.45, 7) is 0. The second kappa shape index (κ2) is 7.02. The van der Waals surface area contributed by atoms with Crippen molar-refractivity contribution in [3.8, 4) is 48.6 Å². The zero-order valence-electron chi connectivity index (χ0n) is 14.7. The summed E-state index contributed by atoms with van der Waals surface area (Å²) in [6.07, 6.45) is 0. The van der Waals surface area contributed by atoms with E-state index in [0.29, 0.717) is 0 Å². The summed E-state index contributed by atoms with van der Waals surface area (Å²) in [4.78, 5) is 0. The largest absolute Gasteiger partial charge is 0.192 e. The van der Waals surface area contributed by atoms with E-state index < -0.39 is 11.1 Å². The Kier molecular flexibility index (Phi) is 4.42. The fourth-order valence-corrected chi connectivity index (χ4v) is 3.46. The smallest absolute Gasteiger partial charge is 0.138 e. The minimum Gasteiger partial charge on any atom is -0.192 e. The van der Waals surface area contributed by atoms with Crippen LogP contribution in [-0.2, 0) is 0 Å². The molecule has 3 rings (SSSR count). The van der Waals surface area contributed by atoms with Crippen LogP contribution >= 0.6 is 0 Å². The number of hydrogen-bond donors (Lipinski definition) is 0. The molecule has 0 spiro atoms. The first-order chi connectivity index (χ1) is 14.6. The molecule has 0 N–H and O–H groups in total. The van der Waals surface area contributed by atoms with Gasteiger partial charge in [-0.3, -0.25) is 0 Å². The highest BCUT2D eigenvalue weighted by molar-refractivity contribution is 6.14. The van der Waals surface area contributed by atoms with Gasteiger partial charge in [-0.05, 0) is 23.3 Å². The van der Waals surface area contributed by atoms with Gasteiger partial charge in [-0.2, -0.15) is 42.1 Å². The van der Waals surface area contributed by atoms with E-state index in [1.54, 1.807) is 24.3 Å². The van der Waals surface area contributed by atoms with Gasteiger partial charge in [0.25, 0.3) is 0 Å². The standard InChI is InChI=1S/C22H2N8/c23-3-11(4-24)21-15-2-16-14(1-13(15)17(7-27)19(21)9-29)18(8-28)20(10-30)22(16)12(5-25)6-26/h1-2H. The zero-order chi connectivity index (χ0) is 22.0. The second-order valence-electron chi connectivity index (χ2n) is 5.84. The molecule has 0 aliphatic heterocycles. The van der Waals surface area contributed by atoms with Gasteiger partial charge in [0.15, 0.2) is 0 Å². The quantitative estimate of drug-likeness (QED) is 0.615. The van der Waals surface area contributed by atoms with Crippen molar-refractivity contribution in [2.75, 3.05) is 0 Å². The monoisotopic (exact) mass is 378 g/mol. The molecule has 1 aromatic rings. The lowest BCUT2D eigenvalue weighted by atomic mass is 9.91. The Morgan fingerprint density at radius 1 is 0.433 bits per heavy atom. The van der Waals surface area contributed by atoms with E-state index >= 15 is 0 Å². The molecule has 0 radical (unpaired) electrons. The number of fused-ring (bicyclic) bond motifs is 2. The van der Waals surface area contributed by atoms with E-state index in [9.17, 15) is 42.1 Å². The van der Waals surface area contributed by atoms with Gasteiger partial charge in [0, 0.05) is 22.3 Å². The molecule has 0 saturated heterocycles. The van der Waals surface area contributed by atoms with E-state index in [2.05, 4.69) is 0 Å². The van der Waals surface area contributed by atoms with Crippen molar-refractivity contribution >= 4 is 22.3 Å². The molecule has 2 aliphatic carbocycles. The molecule has 0 amide bonds. The zero-order valence-corrected chi connectivity index (χ0v) is 14.7. The molecule has 130 valence electrons. The third-order valence-electron chi connectivity index (χ3n) is 4.63. The van der Waals surface area contributed by atoms with E-state index in [1.807, 2.05) is 24.3 Å². The molecule has 0 bridgehead atoms. The summed E-state index contributed by atoms with van der Waals surface area (Å²) < 4.78 is 0. The van der Waals surface area contributed by atoms with E-state index in [0.717, 1.165) is 0 Å². The Morgan fingerprint density at radius 3 is 1.00 bits per heavy atom. The van der Waals surface area contributed by atoms with Crippen molar-refractivity contribution in [1.29, 1.82) is 42.1 Å². The Bertz CT molecular complexity index is 1400. The molecular weight excluding hydrogens is 376 g/mol. The van der Waals surface area contributed by atoms with E-state index in [4.69, 9.17) is 0 Å². The topological polar surface area (TPSA) is 190 Å². The maximum absolute atomic E-state index is 9.57. The van der Waals surface area contributed by atoms with Crippen LogP contribution in [0.25, 0.3) is 22.3 Å². The molecule has 30 heavy (non-hydrogen) atoms. The molecule has 0 fully saturated rings. The van der Waals surface area contributed by atoms with Gasteiger partial charge in [-0.1, -0.05) is 0 Å². The highest BCUT2D eigenvalue weighted by atomic mass is 14.4. The molecule has 8 nitrogen and oxygen atoms in total. The lowest BCUT2D eigenvalue weighted by Crippen LogP contribution is -1.95. The predicted molar refractivity (Wildman–Crippen MR) is 99.0 cm³/mol. The van der Waals surface area contributed by atoms with Crippen molar-refractivity contribution in [1.82, 2.24) is 0 Å². The fourth-order valence-electron chi connectivity index (χ4n) is 3.46. The van der Waals surface area contributed by atoms with E-state index in [1.165, 1.54) is 12.1 Å². The van der Waals surface area contributed by atoms with Gasteiger partial charge in [0.05, 0.1) is 22.3 Å². The van der Waals surface area contributed by atoms with Crippen LogP contribution in [0.15, 0.2) is 34.4 Å². The number of nitrogens with zero attached hydrogens (tertiary/aromatic N) is 8. The first-order valence-electron chi connectivity index (χ1n) is 7.94. The second-order valence-corrected chi connectivity index (χ2v) is 5.84. The molecule has 2 aliphatic rings. The fraction of sp³-hybridized carbons (Fsp3) is 0. The SMILES string of the molecule is N#CC(C#N)=C1C(C#N)=C(C#N)c2cc3c(cc21)C(=C(C#N)C#N)C(C#N)=C3C#N. The normalized spacial score (nSPS) is 12.7. The van der Waals surface area contributed by atoms with Gasteiger partial charge in [-0.25, -0.2) is 0 Å². The maximum Gasteiger partial charge on any atom is 0.138 e. The minimum absolute atomic E-state index is 0.0458. The molecule has 8 heteroatoms. The van der Waals surface area contributed by atoms with Gasteiger partial charge in [-0.15, -0.1) is 0 Å². The Labute approximate surface area is 170 Å². The molecule has 0 aromatic heterocycles. The average molecular weight is 378 g/mol. The van der Waals surface area contributed by atoms with Gasteiger partial charge in [0.2, 0.25) is 0 Å². The van der Waals surface area contributed by atoms with Crippen LogP contribution in [0.2, 0.25) is 0 Å². The minimum atomic E-state index is -0.392. The van der Waals surface area contributed by atoms with Crippen molar-refractivity contribution < 1.29 is 0 Å². The Morgan fingerprint density at radius 2 is 0.733 bits per heavy atom. The highest BCUT2D eigenvalue weighted by Gasteiger charge is 2.36. The van der Waals surface area contributed by atoms with Crippen LogP contribution in [0, 0.1) is 90.6 Å². The summed E-state index contributed by atoms with van der Waals surface area (Å²) in [6, 6.07) is 17.0. The van der Waals surface area contributed by atoms with Crippen molar-refractivity contribution in [2.24, 2.45) is 0 Å². The predicted octanol–water partition coefficient (Wildman–Crippen LogP) is 2.92. The van der Waals surface area contributed by atoms with Gasteiger partial charge >= 0.3 is 0 Å². The van der Waals surface area contributed by atoms with Gasteiger partial charge in [0.1, 0.15) is 59.7 Å². The van der Waals surface area contributed by atoms with Gasteiger partial charge < -0.3 is 0 Å². The Hall–Kier alpha value is -5.90. The first-order valence-corrected chi connectivity index (χ1v) is 7.94. The average Bonchev–Trinajstić information content (AvgIpc) is 3.25. The number of allylic oxidation sites excluding steroid dienone is 8.